The summed E-state index contributed by atoms with van der Waals surface area (Å²) in [5.41, 5.74) is 2.60. The minimum Gasteiger partial charge on any atom is -0.310 e. The summed E-state index contributed by atoms with van der Waals surface area (Å²) in [5.74, 6) is 0. The predicted octanol–water partition coefficient (Wildman–Crippen LogP) is 4.40. The van der Waals surface area contributed by atoms with E-state index in [0.29, 0.717) is 6.04 Å². The molecule has 0 aliphatic heterocycles. The molecule has 1 unspecified atom stereocenters. The third-order valence-corrected chi connectivity index (χ3v) is 3.29. The number of unbranched alkanes of at least 4 members (excludes halogenated alkanes) is 3. The third kappa shape index (κ3) is 5.63. The molecule has 0 saturated carbocycles. The number of hydrogen-bond acceptors (Lipinski definition) is 2. The molecule has 1 heterocycles. The van der Waals surface area contributed by atoms with Crippen LogP contribution in [0.3, 0.4) is 0 Å². The van der Waals surface area contributed by atoms with Gasteiger partial charge in [-0.05, 0) is 37.4 Å². The van der Waals surface area contributed by atoms with Crippen molar-refractivity contribution in [3.63, 3.8) is 0 Å². The molecule has 0 amide bonds. The number of nitrogens with one attached hydrogen (secondary N) is 1. The van der Waals surface area contributed by atoms with E-state index in [-0.39, 0.29) is 0 Å². The summed E-state index contributed by atoms with van der Waals surface area (Å²) < 4.78 is 0. The molecule has 1 rings (SSSR count). The Hall–Kier alpha value is -0.890. The highest BCUT2D eigenvalue weighted by atomic mass is 14.9. The van der Waals surface area contributed by atoms with Crippen LogP contribution in [-0.4, -0.2) is 11.5 Å². The fraction of sp³-hybridized carbons (Fsp3) is 0.688. The highest BCUT2D eigenvalue weighted by Gasteiger charge is 2.10. The second-order valence-corrected chi connectivity index (χ2v) is 5.15. The molecule has 1 aromatic heterocycles. The Morgan fingerprint density at radius 1 is 1.11 bits per heavy atom. The molecule has 0 spiro atoms. The molecule has 0 radical (unpaired) electrons. The molecule has 1 N–H and O–H groups in total. The van der Waals surface area contributed by atoms with Crippen LogP contribution >= 0.6 is 0 Å². The standard InChI is InChI=1S/C16H28N2/c1-4-6-7-8-9-16(18-10-5-2)15-11-14(3)12-17-13-15/h11-13,16,18H,4-10H2,1-3H3. The minimum atomic E-state index is 0.481. The summed E-state index contributed by atoms with van der Waals surface area (Å²) in [6, 6.07) is 2.74. The number of nitrogens with zero attached hydrogens (tertiary/aromatic N) is 1. The maximum Gasteiger partial charge on any atom is 0.0335 e. The van der Waals surface area contributed by atoms with E-state index in [1.54, 1.807) is 0 Å². The van der Waals surface area contributed by atoms with Crippen molar-refractivity contribution in [1.82, 2.24) is 10.3 Å². The van der Waals surface area contributed by atoms with E-state index in [0.717, 1.165) is 6.54 Å². The lowest BCUT2D eigenvalue weighted by atomic mass is 10.0. The SMILES string of the molecule is CCCCCCC(NCCC)c1cncc(C)c1. The van der Waals surface area contributed by atoms with Crippen molar-refractivity contribution in [2.75, 3.05) is 6.54 Å². The molecule has 0 bridgehead atoms. The van der Waals surface area contributed by atoms with Gasteiger partial charge >= 0.3 is 0 Å². The monoisotopic (exact) mass is 248 g/mol. The quantitative estimate of drug-likeness (QED) is 0.655. The molecule has 0 saturated heterocycles. The lowest BCUT2D eigenvalue weighted by Gasteiger charge is -2.19. The molecule has 18 heavy (non-hydrogen) atoms. The highest BCUT2D eigenvalue weighted by Crippen LogP contribution is 2.20. The molecule has 0 aromatic carbocycles. The molecule has 0 aliphatic rings. The van der Waals surface area contributed by atoms with Crippen LogP contribution in [0.5, 0.6) is 0 Å². The Labute approximate surface area is 112 Å². The fourth-order valence-electron chi connectivity index (χ4n) is 2.25. The maximum atomic E-state index is 4.32. The van der Waals surface area contributed by atoms with Crippen LogP contribution in [0.1, 0.15) is 69.5 Å². The highest BCUT2D eigenvalue weighted by molar-refractivity contribution is 5.20. The molecule has 0 aliphatic carbocycles. The van der Waals surface area contributed by atoms with E-state index in [9.17, 15) is 0 Å². The average Bonchev–Trinajstić information content (AvgIpc) is 2.38. The van der Waals surface area contributed by atoms with Crippen molar-refractivity contribution in [2.45, 2.75) is 65.3 Å². The zero-order chi connectivity index (χ0) is 13.2. The second kappa shape index (κ2) is 9.09. The summed E-state index contributed by atoms with van der Waals surface area (Å²) in [7, 11) is 0. The van der Waals surface area contributed by atoms with Gasteiger partial charge in [0.05, 0.1) is 0 Å². The predicted molar refractivity (Wildman–Crippen MR) is 78.8 cm³/mol. The lowest BCUT2D eigenvalue weighted by molar-refractivity contribution is 0.469. The number of pyridine rings is 1. The molecular weight excluding hydrogens is 220 g/mol. The first-order chi connectivity index (χ1) is 8.77. The fourth-order valence-corrected chi connectivity index (χ4v) is 2.25. The van der Waals surface area contributed by atoms with Crippen LogP contribution in [0.4, 0.5) is 0 Å². The van der Waals surface area contributed by atoms with E-state index >= 15 is 0 Å². The lowest BCUT2D eigenvalue weighted by Crippen LogP contribution is -2.22. The largest absolute Gasteiger partial charge is 0.310 e. The molecule has 0 fully saturated rings. The normalized spacial score (nSPS) is 12.6. The van der Waals surface area contributed by atoms with Crippen LogP contribution in [0.2, 0.25) is 0 Å². The van der Waals surface area contributed by atoms with Gasteiger partial charge in [0.15, 0.2) is 0 Å². The minimum absolute atomic E-state index is 0.481. The van der Waals surface area contributed by atoms with Crippen molar-refractivity contribution >= 4 is 0 Å². The summed E-state index contributed by atoms with van der Waals surface area (Å²) in [5, 5.41) is 3.65. The van der Waals surface area contributed by atoms with Crippen LogP contribution in [0.15, 0.2) is 18.5 Å². The number of aryl methyl sites for hydroxylation is 1. The van der Waals surface area contributed by atoms with Crippen molar-refractivity contribution in [1.29, 1.82) is 0 Å². The van der Waals surface area contributed by atoms with E-state index in [1.807, 2.05) is 12.4 Å². The van der Waals surface area contributed by atoms with Gasteiger partial charge in [0.25, 0.3) is 0 Å². The average molecular weight is 248 g/mol. The first-order valence-electron chi connectivity index (χ1n) is 7.42. The molecule has 2 heteroatoms. The van der Waals surface area contributed by atoms with E-state index < -0.39 is 0 Å². The zero-order valence-electron chi connectivity index (χ0n) is 12.2. The second-order valence-electron chi connectivity index (χ2n) is 5.15. The Kier molecular flexibility index (Phi) is 7.66. The van der Waals surface area contributed by atoms with E-state index in [1.165, 1.54) is 49.7 Å². The van der Waals surface area contributed by atoms with Gasteiger partial charge in [-0.3, -0.25) is 4.98 Å². The van der Waals surface area contributed by atoms with Crippen molar-refractivity contribution in [3.05, 3.63) is 29.6 Å². The Morgan fingerprint density at radius 3 is 2.61 bits per heavy atom. The van der Waals surface area contributed by atoms with E-state index in [2.05, 4.69) is 37.1 Å². The van der Waals surface area contributed by atoms with Gasteiger partial charge in [0.2, 0.25) is 0 Å². The molecular formula is C16H28N2. The van der Waals surface area contributed by atoms with Gasteiger partial charge in [0, 0.05) is 18.4 Å². The molecule has 2 nitrogen and oxygen atoms in total. The Bertz CT molecular complexity index is 323. The van der Waals surface area contributed by atoms with Gasteiger partial charge in [0.1, 0.15) is 0 Å². The van der Waals surface area contributed by atoms with Gasteiger partial charge in [-0.2, -0.15) is 0 Å². The molecule has 102 valence electrons. The first-order valence-corrected chi connectivity index (χ1v) is 7.42. The summed E-state index contributed by atoms with van der Waals surface area (Å²) in [4.78, 5) is 4.32. The van der Waals surface area contributed by atoms with Crippen LogP contribution in [0.25, 0.3) is 0 Å². The number of hydrogen-bond donors (Lipinski definition) is 1. The van der Waals surface area contributed by atoms with Crippen LogP contribution < -0.4 is 5.32 Å². The Balaban J connectivity index is 2.54. The smallest absolute Gasteiger partial charge is 0.0335 e. The molecule has 1 atom stereocenters. The van der Waals surface area contributed by atoms with Gasteiger partial charge in [-0.15, -0.1) is 0 Å². The van der Waals surface area contributed by atoms with Crippen molar-refractivity contribution in [3.8, 4) is 0 Å². The van der Waals surface area contributed by atoms with Crippen molar-refractivity contribution in [2.24, 2.45) is 0 Å². The summed E-state index contributed by atoms with van der Waals surface area (Å²) in [6.07, 6.45) is 11.7. The van der Waals surface area contributed by atoms with Crippen LogP contribution in [-0.2, 0) is 0 Å². The maximum absolute atomic E-state index is 4.32. The zero-order valence-corrected chi connectivity index (χ0v) is 12.2. The van der Waals surface area contributed by atoms with Crippen molar-refractivity contribution < 1.29 is 0 Å². The van der Waals surface area contributed by atoms with Gasteiger partial charge < -0.3 is 5.32 Å². The number of rotatable bonds is 9. The topological polar surface area (TPSA) is 24.9 Å². The number of aromatic nitrogens is 1. The van der Waals surface area contributed by atoms with Gasteiger partial charge in [-0.1, -0.05) is 45.6 Å². The van der Waals surface area contributed by atoms with E-state index in [4.69, 9.17) is 0 Å². The summed E-state index contributed by atoms with van der Waals surface area (Å²) >= 11 is 0. The first kappa shape index (κ1) is 15.2. The van der Waals surface area contributed by atoms with Gasteiger partial charge in [-0.25, -0.2) is 0 Å². The molecule has 1 aromatic rings. The summed E-state index contributed by atoms with van der Waals surface area (Å²) in [6.45, 7) is 7.68. The van der Waals surface area contributed by atoms with Crippen LogP contribution in [0, 0.1) is 6.92 Å². The Morgan fingerprint density at radius 2 is 1.94 bits per heavy atom. The third-order valence-electron chi connectivity index (χ3n) is 3.29.